The van der Waals surface area contributed by atoms with Crippen molar-refractivity contribution in [1.29, 1.82) is 0 Å². The minimum atomic E-state index is -0.748. The van der Waals surface area contributed by atoms with Gasteiger partial charge in [0.05, 0.1) is 6.42 Å². The van der Waals surface area contributed by atoms with Gasteiger partial charge in [0.2, 0.25) is 11.8 Å². The Morgan fingerprint density at radius 1 is 1.00 bits per heavy atom. The second kappa shape index (κ2) is 9.21. The van der Waals surface area contributed by atoms with Gasteiger partial charge < -0.3 is 15.6 Å². The molecule has 31 heavy (non-hydrogen) atoms. The van der Waals surface area contributed by atoms with E-state index in [0.717, 1.165) is 27.7 Å². The number of anilines is 1. The number of para-hydroxylation sites is 1. The number of nitrogens with zero attached hydrogens (tertiary/aromatic N) is 2. The number of carbonyl (C=O) groups is 2. The maximum Gasteiger partial charge on any atom is 0.248 e. The molecule has 2 amide bonds. The number of carbonyl (C=O) groups excluding carboxylic acids is 2. The molecule has 0 bridgehead atoms. The molecule has 0 aliphatic rings. The maximum atomic E-state index is 12.9. The standard InChI is InChI=1S/C24H23N5O2/c1-16-19(18-10-5-6-11-20(18)26-16)15-23(30)27-21(14-17-8-3-2-4-9-17)24(31)28-22-12-7-13-25-29-22/h2-13,21,26H,14-15H2,1H3,(H,27,30)(H,28,29,31)/t21-/m0/s1. The van der Waals surface area contributed by atoms with E-state index >= 15 is 0 Å². The van der Waals surface area contributed by atoms with Crippen LogP contribution in [-0.2, 0) is 22.4 Å². The topological polar surface area (TPSA) is 99.8 Å². The number of aromatic nitrogens is 3. The molecule has 0 radical (unpaired) electrons. The number of aryl methyl sites for hydroxylation is 1. The van der Waals surface area contributed by atoms with Gasteiger partial charge in [-0.25, -0.2) is 0 Å². The summed E-state index contributed by atoms with van der Waals surface area (Å²) in [6.07, 6.45) is 2.08. The summed E-state index contributed by atoms with van der Waals surface area (Å²) in [6, 6.07) is 20.1. The molecule has 0 saturated carbocycles. The zero-order chi connectivity index (χ0) is 21.6. The van der Waals surface area contributed by atoms with Crippen LogP contribution in [0.2, 0.25) is 0 Å². The van der Waals surface area contributed by atoms with Crippen molar-refractivity contribution in [2.75, 3.05) is 5.32 Å². The molecule has 2 aromatic heterocycles. The molecule has 156 valence electrons. The highest BCUT2D eigenvalue weighted by Gasteiger charge is 2.23. The van der Waals surface area contributed by atoms with Gasteiger partial charge in [0.1, 0.15) is 6.04 Å². The van der Waals surface area contributed by atoms with Crippen molar-refractivity contribution in [3.63, 3.8) is 0 Å². The molecule has 4 aromatic rings. The Labute approximate surface area is 179 Å². The van der Waals surface area contributed by atoms with E-state index in [1.54, 1.807) is 12.1 Å². The monoisotopic (exact) mass is 413 g/mol. The van der Waals surface area contributed by atoms with Crippen LogP contribution in [-0.4, -0.2) is 33.0 Å². The fourth-order valence-corrected chi connectivity index (χ4v) is 3.61. The third-order valence-electron chi connectivity index (χ3n) is 5.12. The number of amides is 2. The quantitative estimate of drug-likeness (QED) is 0.433. The SMILES string of the molecule is Cc1[nH]c2ccccc2c1CC(=O)N[C@@H](Cc1ccccc1)C(=O)Nc1cccnn1. The van der Waals surface area contributed by atoms with Crippen molar-refractivity contribution >= 4 is 28.5 Å². The molecule has 7 nitrogen and oxygen atoms in total. The summed E-state index contributed by atoms with van der Waals surface area (Å²) in [7, 11) is 0. The summed E-state index contributed by atoms with van der Waals surface area (Å²) in [5.41, 5.74) is 3.82. The summed E-state index contributed by atoms with van der Waals surface area (Å²) in [5, 5.41) is 14.3. The molecular weight excluding hydrogens is 390 g/mol. The van der Waals surface area contributed by atoms with Crippen molar-refractivity contribution in [2.24, 2.45) is 0 Å². The van der Waals surface area contributed by atoms with Gasteiger partial charge >= 0.3 is 0 Å². The van der Waals surface area contributed by atoms with Gasteiger partial charge in [-0.05, 0) is 36.2 Å². The van der Waals surface area contributed by atoms with E-state index < -0.39 is 6.04 Å². The van der Waals surface area contributed by atoms with Crippen LogP contribution >= 0.6 is 0 Å². The van der Waals surface area contributed by atoms with Gasteiger partial charge in [-0.15, -0.1) is 5.10 Å². The predicted octanol–water partition coefficient (Wildman–Crippen LogP) is 3.18. The first kappa shape index (κ1) is 20.3. The minimum Gasteiger partial charge on any atom is -0.358 e. The zero-order valence-electron chi connectivity index (χ0n) is 17.1. The summed E-state index contributed by atoms with van der Waals surface area (Å²) in [6.45, 7) is 1.95. The van der Waals surface area contributed by atoms with Crippen LogP contribution in [0.3, 0.4) is 0 Å². The molecule has 0 fully saturated rings. The van der Waals surface area contributed by atoms with Crippen LogP contribution in [0.4, 0.5) is 5.82 Å². The Kier molecular flexibility index (Phi) is 6.03. The molecule has 0 spiro atoms. The Balaban J connectivity index is 1.52. The first-order valence-corrected chi connectivity index (χ1v) is 10.1. The lowest BCUT2D eigenvalue weighted by molar-refractivity contribution is -0.126. The molecule has 2 heterocycles. The normalized spacial score (nSPS) is 11.8. The maximum absolute atomic E-state index is 12.9. The largest absolute Gasteiger partial charge is 0.358 e. The lowest BCUT2D eigenvalue weighted by Crippen LogP contribution is -2.46. The molecular formula is C24H23N5O2. The van der Waals surface area contributed by atoms with E-state index in [1.807, 2.05) is 61.5 Å². The van der Waals surface area contributed by atoms with Crippen LogP contribution in [0.15, 0.2) is 72.9 Å². The molecule has 1 atom stereocenters. The van der Waals surface area contributed by atoms with Crippen LogP contribution in [0.1, 0.15) is 16.8 Å². The Morgan fingerprint density at radius 2 is 1.77 bits per heavy atom. The van der Waals surface area contributed by atoms with Crippen LogP contribution in [0.25, 0.3) is 10.9 Å². The van der Waals surface area contributed by atoms with Crippen molar-refractivity contribution in [3.8, 4) is 0 Å². The Morgan fingerprint density at radius 3 is 2.55 bits per heavy atom. The average Bonchev–Trinajstić information content (AvgIpc) is 3.09. The van der Waals surface area contributed by atoms with E-state index in [0.29, 0.717) is 12.2 Å². The highest BCUT2D eigenvalue weighted by molar-refractivity contribution is 5.97. The third-order valence-corrected chi connectivity index (χ3v) is 5.12. The van der Waals surface area contributed by atoms with Crippen LogP contribution < -0.4 is 10.6 Å². The van der Waals surface area contributed by atoms with Crippen molar-refractivity contribution in [2.45, 2.75) is 25.8 Å². The fraction of sp³-hybridized carbons (Fsp3) is 0.167. The number of H-pyrrole nitrogens is 1. The highest BCUT2D eigenvalue weighted by Crippen LogP contribution is 2.22. The average molecular weight is 413 g/mol. The number of nitrogens with one attached hydrogen (secondary N) is 3. The number of hydrogen-bond acceptors (Lipinski definition) is 4. The predicted molar refractivity (Wildman–Crippen MR) is 119 cm³/mol. The summed E-state index contributed by atoms with van der Waals surface area (Å²) < 4.78 is 0. The van der Waals surface area contributed by atoms with E-state index in [4.69, 9.17) is 0 Å². The van der Waals surface area contributed by atoms with E-state index in [9.17, 15) is 9.59 Å². The van der Waals surface area contributed by atoms with Gasteiger partial charge in [0.15, 0.2) is 5.82 Å². The fourth-order valence-electron chi connectivity index (χ4n) is 3.61. The van der Waals surface area contributed by atoms with Crippen molar-refractivity contribution in [1.82, 2.24) is 20.5 Å². The van der Waals surface area contributed by atoms with E-state index in [2.05, 4.69) is 25.8 Å². The second-order valence-electron chi connectivity index (χ2n) is 7.36. The number of benzene rings is 2. The van der Waals surface area contributed by atoms with Gasteiger partial charge in [-0.2, -0.15) is 5.10 Å². The van der Waals surface area contributed by atoms with Gasteiger partial charge in [-0.1, -0.05) is 48.5 Å². The number of aromatic amines is 1. The summed E-state index contributed by atoms with van der Waals surface area (Å²) >= 11 is 0. The summed E-state index contributed by atoms with van der Waals surface area (Å²) in [4.78, 5) is 29.2. The second-order valence-corrected chi connectivity index (χ2v) is 7.36. The van der Waals surface area contributed by atoms with Crippen molar-refractivity contribution < 1.29 is 9.59 Å². The number of hydrogen-bond donors (Lipinski definition) is 3. The zero-order valence-corrected chi connectivity index (χ0v) is 17.1. The first-order valence-electron chi connectivity index (χ1n) is 10.1. The Hall–Kier alpha value is -4.00. The van der Waals surface area contributed by atoms with Gasteiger partial charge in [0, 0.05) is 29.2 Å². The van der Waals surface area contributed by atoms with E-state index in [1.165, 1.54) is 6.20 Å². The number of rotatable bonds is 7. The van der Waals surface area contributed by atoms with Crippen molar-refractivity contribution in [3.05, 3.63) is 89.7 Å². The summed E-state index contributed by atoms with van der Waals surface area (Å²) in [5.74, 6) is -0.219. The van der Waals surface area contributed by atoms with Gasteiger partial charge in [0.25, 0.3) is 0 Å². The minimum absolute atomic E-state index is 0.180. The van der Waals surface area contributed by atoms with Crippen LogP contribution in [0, 0.1) is 6.92 Å². The van der Waals surface area contributed by atoms with Gasteiger partial charge in [-0.3, -0.25) is 9.59 Å². The van der Waals surface area contributed by atoms with E-state index in [-0.39, 0.29) is 18.2 Å². The Bertz CT molecular complexity index is 1190. The number of fused-ring (bicyclic) bond motifs is 1. The smallest absolute Gasteiger partial charge is 0.248 e. The molecule has 4 rings (SSSR count). The lowest BCUT2D eigenvalue weighted by Gasteiger charge is -2.18. The highest BCUT2D eigenvalue weighted by atomic mass is 16.2. The molecule has 7 heteroatoms. The molecule has 0 saturated heterocycles. The molecule has 2 aromatic carbocycles. The molecule has 0 aliphatic heterocycles. The lowest BCUT2D eigenvalue weighted by atomic mass is 10.0. The molecule has 0 aliphatic carbocycles. The molecule has 0 unspecified atom stereocenters. The molecule has 3 N–H and O–H groups in total. The van der Waals surface area contributed by atoms with Crippen LogP contribution in [0.5, 0.6) is 0 Å². The third kappa shape index (κ3) is 4.95. The first-order chi connectivity index (χ1) is 15.1.